The number of amides is 1. The Labute approximate surface area is 201 Å². The Morgan fingerprint density at radius 1 is 0.912 bits per heavy atom. The van der Waals surface area contributed by atoms with Crippen molar-refractivity contribution in [2.45, 2.75) is 13.3 Å². The van der Waals surface area contributed by atoms with Gasteiger partial charge in [-0.05, 0) is 36.9 Å². The lowest BCUT2D eigenvalue weighted by Gasteiger charge is -2.24. The Bertz CT molecular complexity index is 1480. The molecule has 7 nitrogen and oxygen atoms in total. The number of nitrogens with zero attached hydrogens (tertiary/aromatic N) is 6. The number of carbonyl (C=O) groups excluding carboxylic acids is 1. The zero-order valence-electron chi connectivity index (χ0n) is 18.9. The summed E-state index contributed by atoms with van der Waals surface area (Å²) in [5, 5.41) is 12.1. The van der Waals surface area contributed by atoms with Gasteiger partial charge >= 0.3 is 0 Å². The Balaban J connectivity index is 1.43. The third-order valence-electron chi connectivity index (χ3n) is 6.34. The summed E-state index contributed by atoms with van der Waals surface area (Å²) in [6.07, 6.45) is 0.870. The summed E-state index contributed by atoms with van der Waals surface area (Å²) >= 11 is 1.50. The molecule has 0 aliphatic carbocycles. The topological polar surface area (TPSA) is 66.6 Å². The summed E-state index contributed by atoms with van der Waals surface area (Å²) < 4.78 is 2.07. The molecule has 1 saturated heterocycles. The van der Waals surface area contributed by atoms with Crippen molar-refractivity contribution in [3.05, 3.63) is 76.5 Å². The minimum atomic E-state index is 0.109. The van der Waals surface area contributed by atoms with Gasteiger partial charge in [-0.3, -0.25) is 4.79 Å². The van der Waals surface area contributed by atoms with E-state index in [4.69, 9.17) is 4.98 Å². The van der Waals surface area contributed by atoms with Gasteiger partial charge in [0.25, 0.3) is 5.91 Å². The summed E-state index contributed by atoms with van der Waals surface area (Å²) in [5.74, 6) is 1.71. The minimum absolute atomic E-state index is 0.109. The Morgan fingerprint density at radius 2 is 1.76 bits per heavy atom. The molecule has 8 heteroatoms. The van der Waals surface area contributed by atoms with Crippen molar-refractivity contribution in [3.63, 3.8) is 0 Å². The first-order chi connectivity index (χ1) is 16.7. The molecule has 0 atom stereocenters. The second kappa shape index (κ2) is 8.53. The molecule has 0 radical (unpaired) electrons. The number of anilines is 1. The molecule has 0 spiro atoms. The van der Waals surface area contributed by atoms with E-state index >= 15 is 0 Å². The molecule has 170 valence electrons. The molecule has 3 aromatic heterocycles. The largest absolute Gasteiger partial charge is 0.340 e. The highest BCUT2D eigenvalue weighted by Gasteiger charge is 2.25. The zero-order valence-corrected chi connectivity index (χ0v) is 19.7. The van der Waals surface area contributed by atoms with E-state index in [-0.39, 0.29) is 5.91 Å². The van der Waals surface area contributed by atoms with Gasteiger partial charge in [-0.2, -0.15) is 0 Å². The molecule has 1 aliphatic rings. The van der Waals surface area contributed by atoms with Crippen LogP contribution in [0.25, 0.3) is 27.9 Å². The standard InChI is InChI=1S/C26H24N6OS/c1-18-9-11-19(12-10-18)23-28-29-24-20-6-2-3-7-21(20)27-26(32(23)24)31-14-5-13-30(15-16-31)25(33)22-8-4-17-34-22/h2-4,6-12,17H,5,13-16H2,1H3. The van der Waals surface area contributed by atoms with Crippen molar-refractivity contribution in [2.75, 3.05) is 31.1 Å². The first-order valence-corrected chi connectivity index (χ1v) is 12.4. The van der Waals surface area contributed by atoms with Crippen LogP contribution in [0.3, 0.4) is 0 Å². The molecule has 2 aromatic carbocycles. The molecule has 1 fully saturated rings. The summed E-state index contributed by atoms with van der Waals surface area (Å²) in [5.41, 5.74) is 3.89. The van der Waals surface area contributed by atoms with Gasteiger partial charge in [-0.15, -0.1) is 21.5 Å². The molecule has 0 saturated carbocycles. The number of rotatable bonds is 3. The van der Waals surface area contributed by atoms with E-state index in [9.17, 15) is 4.79 Å². The van der Waals surface area contributed by atoms with Crippen LogP contribution in [0, 0.1) is 6.92 Å². The summed E-state index contributed by atoms with van der Waals surface area (Å²) in [6, 6.07) is 20.2. The SMILES string of the molecule is Cc1ccc(-c2nnc3c4ccccc4nc(N4CCCN(C(=O)c5cccs5)CC4)n23)cc1. The van der Waals surface area contributed by atoms with Crippen LogP contribution in [-0.4, -0.2) is 56.6 Å². The first kappa shape index (κ1) is 20.8. The third kappa shape index (κ3) is 3.60. The molecule has 1 amide bonds. The lowest BCUT2D eigenvalue weighted by Crippen LogP contribution is -2.35. The van der Waals surface area contributed by atoms with E-state index in [1.165, 1.54) is 16.9 Å². The van der Waals surface area contributed by atoms with Crippen LogP contribution in [0.15, 0.2) is 66.0 Å². The predicted octanol–water partition coefficient (Wildman–Crippen LogP) is 4.67. The molecular weight excluding hydrogens is 444 g/mol. The van der Waals surface area contributed by atoms with E-state index in [1.54, 1.807) is 0 Å². The van der Waals surface area contributed by atoms with E-state index in [0.717, 1.165) is 58.3 Å². The number of hydrogen-bond acceptors (Lipinski definition) is 6. The minimum Gasteiger partial charge on any atom is -0.340 e. The van der Waals surface area contributed by atoms with Gasteiger partial charge in [0.05, 0.1) is 10.4 Å². The van der Waals surface area contributed by atoms with Crippen LogP contribution < -0.4 is 4.90 Å². The van der Waals surface area contributed by atoms with Crippen LogP contribution in [0.4, 0.5) is 5.95 Å². The predicted molar refractivity (Wildman–Crippen MR) is 136 cm³/mol. The number of para-hydroxylation sites is 1. The molecule has 1 aliphatic heterocycles. The van der Waals surface area contributed by atoms with Crippen molar-refractivity contribution >= 4 is 39.7 Å². The highest BCUT2D eigenvalue weighted by Crippen LogP contribution is 2.29. The van der Waals surface area contributed by atoms with Gasteiger partial charge in [-0.1, -0.05) is 48.0 Å². The number of benzene rings is 2. The Hall–Kier alpha value is -3.78. The highest BCUT2D eigenvalue weighted by atomic mass is 32.1. The quantitative estimate of drug-likeness (QED) is 0.385. The fourth-order valence-electron chi connectivity index (χ4n) is 4.54. The number of aromatic nitrogens is 4. The molecule has 6 rings (SSSR count). The van der Waals surface area contributed by atoms with Crippen molar-refractivity contribution in [3.8, 4) is 11.4 Å². The summed E-state index contributed by atoms with van der Waals surface area (Å²) in [4.78, 5) is 23.0. The lowest BCUT2D eigenvalue weighted by molar-refractivity contribution is 0.0772. The molecule has 0 bridgehead atoms. The Morgan fingerprint density at radius 3 is 2.59 bits per heavy atom. The third-order valence-corrected chi connectivity index (χ3v) is 7.19. The lowest BCUT2D eigenvalue weighted by atomic mass is 10.1. The van der Waals surface area contributed by atoms with Crippen LogP contribution >= 0.6 is 11.3 Å². The van der Waals surface area contributed by atoms with Crippen LogP contribution in [0.2, 0.25) is 0 Å². The van der Waals surface area contributed by atoms with Gasteiger partial charge in [0.15, 0.2) is 11.5 Å². The number of fused-ring (bicyclic) bond motifs is 3. The van der Waals surface area contributed by atoms with Gasteiger partial charge in [0.1, 0.15) is 0 Å². The fraction of sp³-hybridized carbons (Fsp3) is 0.231. The van der Waals surface area contributed by atoms with Gasteiger partial charge < -0.3 is 9.80 Å². The summed E-state index contributed by atoms with van der Waals surface area (Å²) in [7, 11) is 0. The van der Waals surface area contributed by atoms with Crippen molar-refractivity contribution in [1.82, 2.24) is 24.5 Å². The van der Waals surface area contributed by atoms with Crippen molar-refractivity contribution < 1.29 is 4.79 Å². The van der Waals surface area contributed by atoms with E-state index < -0.39 is 0 Å². The number of hydrogen-bond donors (Lipinski definition) is 0. The second-order valence-electron chi connectivity index (χ2n) is 8.59. The molecule has 5 aromatic rings. The number of carbonyl (C=O) groups is 1. The molecule has 0 N–H and O–H groups in total. The van der Waals surface area contributed by atoms with Crippen molar-refractivity contribution in [1.29, 1.82) is 0 Å². The van der Waals surface area contributed by atoms with Gasteiger partial charge in [0, 0.05) is 37.1 Å². The maximum absolute atomic E-state index is 12.9. The maximum Gasteiger partial charge on any atom is 0.263 e. The normalized spacial score (nSPS) is 14.6. The van der Waals surface area contributed by atoms with E-state index in [0.29, 0.717) is 13.1 Å². The van der Waals surface area contributed by atoms with Gasteiger partial charge in [0.2, 0.25) is 5.95 Å². The first-order valence-electron chi connectivity index (χ1n) is 11.5. The smallest absolute Gasteiger partial charge is 0.263 e. The van der Waals surface area contributed by atoms with E-state index in [1.807, 2.05) is 46.7 Å². The average Bonchev–Trinajstić information content (AvgIpc) is 3.50. The van der Waals surface area contributed by atoms with Crippen molar-refractivity contribution in [2.24, 2.45) is 0 Å². The molecular formula is C26H24N6OS. The molecule has 0 unspecified atom stereocenters. The maximum atomic E-state index is 12.9. The number of thiophene rings is 1. The van der Waals surface area contributed by atoms with Gasteiger partial charge in [-0.25, -0.2) is 9.38 Å². The fourth-order valence-corrected chi connectivity index (χ4v) is 5.24. The number of aryl methyl sites for hydroxylation is 1. The van der Waals surface area contributed by atoms with Crippen LogP contribution in [0.5, 0.6) is 0 Å². The monoisotopic (exact) mass is 468 g/mol. The van der Waals surface area contributed by atoms with Crippen LogP contribution in [-0.2, 0) is 0 Å². The highest BCUT2D eigenvalue weighted by molar-refractivity contribution is 7.12. The van der Waals surface area contributed by atoms with E-state index in [2.05, 4.69) is 50.7 Å². The molecule has 4 heterocycles. The summed E-state index contributed by atoms with van der Waals surface area (Å²) in [6.45, 7) is 4.96. The molecule has 34 heavy (non-hydrogen) atoms. The Kier molecular flexibility index (Phi) is 5.22. The van der Waals surface area contributed by atoms with Crippen LogP contribution in [0.1, 0.15) is 21.7 Å². The average molecular weight is 469 g/mol. The zero-order chi connectivity index (χ0) is 23.1. The second-order valence-corrected chi connectivity index (χ2v) is 9.54.